The van der Waals surface area contributed by atoms with Crippen LogP contribution in [0.15, 0.2) is 40.5 Å². The summed E-state index contributed by atoms with van der Waals surface area (Å²) < 4.78 is 5.14. The van der Waals surface area contributed by atoms with E-state index >= 15 is 0 Å². The zero-order valence-electron chi connectivity index (χ0n) is 13.4. The number of thiazole rings is 1. The van der Waals surface area contributed by atoms with Crippen LogP contribution < -0.4 is 10.2 Å². The Morgan fingerprint density at radius 3 is 2.57 bits per heavy atom. The van der Waals surface area contributed by atoms with Gasteiger partial charge in [0.15, 0.2) is 0 Å². The normalized spacial score (nSPS) is 11.6. The van der Waals surface area contributed by atoms with Gasteiger partial charge in [0.05, 0.1) is 5.69 Å². The van der Waals surface area contributed by atoms with E-state index < -0.39 is 11.7 Å². The molecule has 2 rings (SSSR count). The van der Waals surface area contributed by atoms with Crippen molar-refractivity contribution in [1.82, 2.24) is 10.3 Å². The van der Waals surface area contributed by atoms with Crippen LogP contribution >= 0.6 is 11.3 Å². The number of alkyl carbamates (subject to hydrolysis) is 1. The Labute approximate surface area is 139 Å². The SMILES string of the molecule is CC(C)(C)OC(=O)NCC=Cc1ccc(-c2csc(=O)[nH]2)cc1. The Bertz CT molecular complexity index is 736. The smallest absolute Gasteiger partial charge is 0.407 e. The maximum Gasteiger partial charge on any atom is 0.407 e. The quantitative estimate of drug-likeness (QED) is 0.898. The Morgan fingerprint density at radius 2 is 2.00 bits per heavy atom. The number of aromatic amines is 1. The van der Waals surface area contributed by atoms with E-state index in [1.807, 2.05) is 57.2 Å². The fraction of sp³-hybridized carbons (Fsp3) is 0.294. The lowest BCUT2D eigenvalue weighted by Gasteiger charge is -2.19. The minimum atomic E-state index is -0.494. The molecule has 122 valence electrons. The molecule has 0 saturated heterocycles. The van der Waals surface area contributed by atoms with Gasteiger partial charge in [-0.2, -0.15) is 0 Å². The minimum Gasteiger partial charge on any atom is -0.444 e. The van der Waals surface area contributed by atoms with E-state index in [2.05, 4.69) is 10.3 Å². The molecule has 2 N–H and O–H groups in total. The highest BCUT2D eigenvalue weighted by molar-refractivity contribution is 7.07. The maximum atomic E-state index is 11.5. The van der Waals surface area contributed by atoms with Gasteiger partial charge in [0, 0.05) is 11.9 Å². The van der Waals surface area contributed by atoms with Gasteiger partial charge in [-0.15, -0.1) is 0 Å². The Hall–Kier alpha value is -2.34. The van der Waals surface area contributed by atoms with Gasteiger partial charge < -0.3 is 15.0 Å². The first kappa shape index (κ1) is 17.0. The van der Waals surface area contributed by atoms with Crippen molar-refractivity contribution < 1.29 is 9.53 Å². The molecule has 0 saturated carbocycles. The molecule has 23 heavy (non-hydrogen) atoms. The molecule has 5 nitrogen and oxygen atoms in total. The lowest BCUT2D eigenvalue weighted by atomic mass is 10.1. The Kier molecular flexibility index (Phi) is 5.39. The highest BCUT2D eigenvalue weighted by Crippen LogP contribution is 2.18. The number of carbonyl (C=O) groups is 1. The molecule has 1 aromatic heterocycles. The van der Waals surface area contributed by atoms with Crippen molar-refractivity contribution in [3.8, 4) is 11.3 Å². The molecule has 1 heterocycles. The Morgan fingerprint density at radius 1 is 1.30 bits per heavy atom. The number of hydrogen-bond acceptors (Lipinski definition) is 4. The molecule has 6 heteroatoms. The average molecular weight is 332 g/mol. The molecule has 0 radical (unpaired) electrons. The molecule has 0 spiro atoms. The van der Waals surface area contributed by atoms with Gasteiger partial charge in [0.25, 0.3) is 0 Å². The van der Waals surface area contributed by atoms with Crippen molar-refractivity contribution in [3.05, 3.63) is 51.0 Å². The van der Waals surface area contributed by atoms with Gasteiger partial charge in [-0.25, -0.2) is 4.79 Å². The highest BCUT2D eigenvalue weighted by atomic mass is 32.1. The van der Waals surface area contributed by atoms with E-state index in [1.165, 1.54) is 0 Å². The monoisotopic (exact) mass is 332 g/mol. The second kappa shape index (κ2) is 7.28. The molecule has 0 bridgehead atoms. The zero-order valence-corrected chi connectivity index (χ0v) is 14.2. The second-order valence-corrected chi connectivity index (χ2v) is 6.81. The number of H-pyrrole nitrogens is 1. The summed E-state index contributed by atoms with van der Waals surface area (Å²) >= 11 is 1.15. The van der Waals surface area contributed by atoms with Crippen molar-refractivity contribution in [2.75, 3.05) is 6.54 Å². The van der Waals surface area contributed by atoms with Gasteiger partial charge >= 0.3 is 11.0 Å². The number of rotatable bonds is 4. The third-order valence-electron chi connectivity index (χ3n) is 2.82. The van der Waals surface area contributed by atoms with Crippen LogP contribution in [0.25, 0.3) is 17.3 Å². The largest absolute Gasteiger partial charge is 0.444 e. The summed E-state index contributed by atoms with van der Waals surface area (Å²) in [6, 6.07) is 7.79. The third-order valence-corrected chi connectivity index (χ3v) is 3.49. The predicted octanol–water partition coefficient (Wildman–Crippen LogP) is 3.64. The van der Waals surface area contributed by atoms with E-state index in [1.54, 1.807) is 5.38 Å². The molecular weight excluding hydrogens is 312 g/mol. The third kappa shape index (κ3) is 5.75. The zero-order chi connectivity index (χ0) is 16.9. The summed E-state index contributed by atoms with van der Waals surface area (Å²) in [5, 5.41) is 4.47. The number of carbonyl (C=O) groups excluding carboxylic acids is 1. The number of benzene rings is 1. The van der Waals surface area contributed by atoms with Crippen LogP contribution in [-0.2, 0) is 4.74 Å². The fourth-order valence-corrected chi connectivity index (χ4v) is 2.44. The van der Waals surface area contributed by atoms with Gasteiger partial charge in [-0.05, 0) is 31.9 Å². The van der Waals surface area contributed by atoms with Crippen molar-refractivity contribution in [2.24, 2.45) is 0 Å². The topological polar surface area (TPSA) is 71.2 Å². The standard InChI is InChI=1S/C17H20N2O3S/c1-17(2,3)22-15(20)18-10-4-5-12-6-8-13(9-7-12)14-11-23-16(21)19-14/h4-9,11H,10H2,1-3H3,(H,18,20)(H,19,21). The predicted molar refractivity (Wildman–Crippen MR) is 93.6 cm³/mol. The van der Waals surface area contributed by atoms with Crippen LogP contribution in [0.1, 0.15) is 26.3 Å². The van der Waals surface area contributed by atoms with Crippen LogP contribution in [0.2, 0.25) is 0 Å². The van der Waals surface area contributed by atoms with E-state index in [9.17, 15) is 9.59 Å². The van der Waals surface area contributed by atoms with Crippen LogP contribution in [-0.4, -0.2) is 23.2 Å². The average Bonchev–Trinajstić information content (AvgIpc) is 2.89. The van der Waals surface area contributed by atoms with Gasteiger partial charge in [0.2, 0.25) is 0 Å². The van der Waals surface area contributed by atoms with Crippen molar-refractivity contribution in [2.45, 2.75) is 26.4 Å². The van der Waals surface area contributed by atoms with Crippen LogP contribution in [0.5, 0.6) is 0 Å². The number of nitrogens with one attached hydrogen (secondary N) is 2. The molecule has 0 unspecified atom stereocenters. The summed E-state index contributed by atoms with van der Waals surface area (Å²) in [6.07, 6.45) is 3.34. The molecule has 1 aromatic carbocycles. The fourth-order valence-electron chi connectivity index (χ4n) is 1.85. The van der Waals surface area contributed by atoms with E-state index in [4.69, 9.17) is 4.74 Å². The first-order valence-electron chi connectivity index (χ1n) is 7.25. The molecule has 1 amide bonds. The molecule has 0 fully saturated rings. The van der Waals surface area contributed by atoms with Gasteiger partial charge in [0.1, 0.15) is 5.60 Å². The maximum absolute atomic E-state index is 11.5. The van der Waals surface area contributed by atoms with Crippen LogP contribution in [0.3, 0.4) is 0 Å². The van der Waals surface area contributed by atoms with Gasteiger partial charge in [-0.1, -0.05) is 47.8 Å². The number of amides is 1. The first-order chi connectivity index (χ1) is 10.8. The molecule has 2 aromatic rings. The van der Waals surface area contributed by atoms with Crippen LogP contribution in [0.4, 0.5) is 4.79 Å². The number of ether oxygens (including phenoxy) is 1. The number of aromatic nitrogens is 1. The summed E-state index contributed by atoms with van der Waals surface area (Å²) in [4.78, 5) is 25.4. The molecule has 0 atom stereocenters. The second-order valence-electron chi connectivity index (χ2n) is 5.97. The van der Waals surface area contributed by atoms with Crippen molar-refractivity contribution in [1.29, 1.82) is 0 Å². The molecule has 0 aliphatic heterocycles. The summed E-state index contributed by atoms with van der Waals surface area (Å²) in [5.74, 6) is 0. The summed E-state index contributed by atoms with van der Waals surface area (Å²) in [6.45, 7) is 5.87. The molecular formula is C17H20N2O3S. The van der Waals surface area contributed by atoms with E-state index in [0.29, 0.717) is 6.54 Å². The Balaban J connectivity index is 1.86. The van der Waals surface area contributed by atoms with Crippen molar-refractivity contribution in [3.63, 3.8) is 0 Å². The molecule has 0 aliphatic rings. The van der Waals surface area contributed by atoms with E-state index in [-0.39, 0.29) is 4.87 Å². The summed E-state index contributed by atoms with van der Waals surface area (Å²) in [5.41, 5.74) is 2.30. The van der Waals surface area contributed by atoms with Crippen molar-refractivity contribution >= 4 is 23.5 Å². The lowest BCUT2D eigenvalue weighted by Crippen LogP contribution is -2.32. The first-order valence-corrected chi connectivity index (χ1v) is 8.13. The number of hydrogen-bond donors (Lipinski definition) is 2. The summed E-state index contributed by atoms with van der Waals surface area (Å²) in [7, 11) is 0. The minimum absolute atomic E-state index is 0.0582. The highest BCUT2D eigenvalue weighted by Gasteiger charge is 2.14. The van der Waals surface area contributed by atoms with E-state index in [0.717, 1.165) is 28.2 Å². The van der Waals surface area contributed by atoms with Crippen LogP contribution in [0, 0.1) is 0 Å². The van der Waals surface area contributed by atoms with Gasteiger partial charge in [-0.3, -0.25) is 4.79 Å². The lowest BCUT2D eigenvalue weighted by molar-refractivity contribution is 0.0534. The molecule has 0 aliphatic carbocycles.